The predicted molar refractivity (Wildman–Crippen MR) is 116 cm³/mol. The summed E-state index contributed by atoms with van der Waals surface area (Å²) in [5.74, 6) is 1.47. The van der Waals surface area contributed by atoms with Crippen LogP contribution >= 0.6 is 23.8 Å². The van der Waals surface area contributed by atoms with Crippen LogP contribution in [-0.2, 0) is 13.2 Å². The number of hydrogen-bond donors (Lipinski definition) is 2. The topological polar surface area (TPSA) is 67.8 Å². The summed E-state index contributed by atoms with van der Waals surface area (Å²) in [4.78, 5) is 4.04. The van der Waals surface area contributed by atoms with Gasteiger partial charge in [0.15, 0.2) is 5.82 Å². The third-order valence-corrected chi connectivity index (χ3v) is 4.95. The number of ether oxygens (including phenoxy) is 1. The standard InChI is InChI=1S/C21H18ClN5OS/c22-19-7-2-1-5-17(19)14-28-18-6-3-4-15(12-18)13-24-27-20(25-26-21(27)29)16-8-10-23-11-9-16/h1-12,24H,13-14H2,(H,26,29). The smallest absolute Gasteiger partial charge is 0.214 e. The van der Waals surface area contributed by atoms with Crippen molar-refractivity contribution in [2.24, 2.45) is 0 Å². The molecule has 4 aromatic rings. The molecule has 6 nitrogen and oxygen atoms in total. The molecule has 0 saturated heterocycles. The summed E-state index contributed by atoms with van der Waals surface area (Å²) < 4.78 is 8.14. The Bertz CT molecular complexity index is 1160. The van der Waals surface area contributed by atoms with Crippen LogP contribution in [0.25, 0.3) is 11.4 Å². The fourth-order valence-corrected chi connectivity index (χ4v) is 3.22. The van der Waals surface area contributed by atoms with Crippen LogP contribution in [0.15, 0.2) is 73.1 Å². The Morgan fingerprint density at radius 3 is 2.72 bits per heavy atom. The van der Waals surface area contributed by atoms with Gasteiger partial charge in [0.2, 0.25) is 4.77 Å². The van der Waals surface area contributed by atoms with E-state index in [2.05, 4.69) is 20.6 Å². The number of rotatable bonds is 7. The van der Waals surface area contributed by atoms with Crippen LogP contribution in [0.5, 0.6) is 5.75 Å². The number of H-pyrrole nitrogens is 1. The van der Waals surface area contributed by atoms with Gasteiger partial charge in [0, 0.05) is 28.5 Å². The number of halogens is 1. The van der Waals surface area contributed by atoms with Gasteiger partial charge in [-0.3, -0.25) is 4.98 Å². The lowest BCUT2D eigenvalue weighted by molar-refractivity contribution is 0.306. The molecule has 0 saturated carbocycles. The van der Waals surface area contributed by atoms with Crippen LogP contribution in [0.4, 0.5) is 0 Å². The fourth-order valence-electron chi connectivity index (χ4n) is 2.83. The highest BCUT2D eigenvalue weighted by Crippen LogP contribution is 2.20. The maximum atomic E-state index is 6.19. The summed E-state index contributed by atoms with van der Waals surface area (Å²) in [6, 6.07) is 19.3. The van der Waals surface area contributed by atoms with Crippen molar-refractivity contribution in [1.29, 1.82) is 0 Å². The molecule has 2 aromatic heterocycles. The average Bonchev–Trinajstić information content (AvgIpc) is 3.13. The fraction of sp³-hybridized carbons (Fsp3) is 0.0952. The molecule has 0 fully saturated rings. The Labute approximate surface area is 178 Å². The molecule has 2 aromatic carbocycles. The minimum atomic E-state index is 0.412. The molecule has 0 aliphatic heterocycles. The molecule has 146 valence electrons. The molecule has 29 heavy (non-hydrogen) atoms. The van der Waals surface area contributed by atoms with Gasteiger partial charge in [-0.2, -0.15) is 5.10 Å². The second-order valence-electron chi connectivity index (χ2n) is 6.29. The number of hydrogen-bond acceptors (Lipinski definition) is 5. The number of aromatic amines is 1. The van der Waals surface area contributed by atoms with Gasteiger partial charge < -0.3 is 10.2 Å². The van der Waals surface area contributed by atoms with Crippen molar-refractivity contribution >= 4 is 23.8 Å². The van der Waals surface area contributed by atoms with Crippen molar-refractivity contribution < 1.29 is 4.74 Å². The van der Waals surface area contributed by atoms with E-state index < -0.39 is 0 Å². The van der Waals surface area contributed by atoms with Crippen LogP contribution in [0.2, 0.25) is 5.02 Å². The molecule has 0 atom stereocenters. The Kier molecular flexibility index (Phi) is 5.88. The number of nitrogens with zero attached hydrogens (tertiary/aromatic N) is 3. The summed E-state index contributed by atoms with van der Waals surface area (Å²) in [7, 11) is 0. The van der Waals surface area contributed by atoms with E-state index in [1.165, 1.54) is 0 Å². The van der Waals surface area contributed by atoms with Crippen LogP contribution in [0.1, 0.15) is 11.1 Å². The van der Waals surface area contributed by atoms with Crippen LogP contribution in [0, 0.1) is 4.77 Å². The molecule has 0 bridgehead atoms. The Morgan fingerprint density at radius 2 is 1.90 bits per heavy atom. The zero-order chi connectivity index (χ0) is 20.1. The highest BCUT2D eigenvalue weighted by molar-refractivity contribution is 7.71. The van der Waals surface area contributed by atoms with Gasteiger partial charge in [0.25, 0.3) is 0 Å². The van der Waals surface area contributed by atoms with E-state index in [1.54, 1.807) is 17.1 Å². The van der Waals surface area contributed by atoms with Gasteiger partial charge >= 0.3 is 0 Å². The molecule has 8 heteroatoms. The molecular weight excluding hydrogens is 406 g/mol. The van der Waals surface area contributed by atoms with Crippen molar-refractivity contribution in [3.05, 3.63) is 94.0 Å². The minimum absolute atomic E-state index is 0.412. The minimum Gasteiger partial charge on any atom is -0.489 e. The van der Waals surface area contributed by atoms with E-state index in [9.17, 15) is 0 Å². The Morgan fingerprint density at radius 1 is 1.07 bits per heavy atom. The van der Waals surface area contributed by atoms with Gasteiger partial charge in [0.05, 0.1) is 6.54 Å². The molecule has 0 unspecified atom stereocenters. The van der Waals surface area contributed by atoms with Crippen molar-refractivity contribution in [1.82, 2.24) is 19.9 Å². The highest BCUT2D eigenvalue weighted by Gasteiger charge is 2.09. The van der Waals surface area contributed by atoms with Crippen LogP contribution < -0.4 is 10.2 Å². The molecule has 0 aliphatic carbocycles. The number of pyridine rings is 1. The predicted octanol–water partition coefficient (Wildman–Crippen LogP) is 4.98. The average molecular weight is 424 g/mol. The Hall–Kier alpha value is -3.16. The second kappa shape index (κ2) is 8.89. The van der Waals surface area contributed by atoms with Crippen LogP contribution in [-0.4, -0.2) is 19.9 Å². The first-order chi connectivity index (χ1) is 14.2. The maximum Gasteiger partial charge on any atom is 0.214 e. The first-order valence-corrected chi connectivity index (χ1v) is 9.76. The quantitative estimate of drug-likeness (QED) is 0.410. The van der Waals surface area contributed by atoms with Gasteiger partial charge in [-0.25, -0.2) is 9.77 Å². The molecule has 2 heterocycles. The lowest BCUT2D eigenvalue weighted by Gasteiger charge is -2.12. The van der Waals surface area contributed by atoms with Gasteiger partial charge in [0.1, 0.15) is 12.4 Å². The SMILES string of the molecule is S=c1[nH]nc(-c2ccncc2)n1NCc1cccc(OCc2ccccc2Cl)c1. The van der Waals surface area contributed by atoms with E-state index in [-0.39, 0.29) is 0 Å². The van der Waals surface area contributed by atoms with Gasteiger partial charge in [-0.05, 0) is 48.1 Å². The summed E-state index contributed by atoms with van der Waals surface area (Å²) in [5.41, 5.74) is 6.22. The number of aromatic nitrogens is 4. The van der Waals surface area contributed by atoms with E-state index in [0.717, 1.165) is 22.4 Å². The van der Waals surface area contributed by atoms with E-state index in [0.29, 0.717) is 28.8 Å². The first kappa shape index (κ1) is 19.2. The van der Waals surface area contributed by atoms with Gasteiger partial charge in [-0.15, -0.1) is 0 Å². The van der Waals surface area contributed by atoms with E-state index in [1.807, 2.05) is 60.7 Å². The van der Waals surface area contributed by atoms with Crippen LogP contribution in [0.3, 0.4) is 0 Å². The molecule has 0 radical (unpaired) electrons. The third-order valence-electron chi connectivity index (χ3n) is 4.30. The lowest BCUT2D eigenvalue weighted by Crippen LogP contribution is -2.16. The zero-order valence-corrected chi connectivity index (χ0v) is 17.0. The van der Waals surface area contributed by atoms with Crippen molar-refractivity contribution in [3.8, 4) is 17.1 Å². The molecule has 2 N–H and O–H groups in total. The summed E-state index contributed by atoms with van der Waals surface area (Å²) in [6.07, 6.45) is 3.44. The summed E-state index contributed by atoms with van der Waals surface area (Å²) in [5, 5.41) is 7.83. The third kappa shape index (κ3) is 4.64. The first-order valence-electron chi connectivity index (χ1n) is 8.97. The molecule has 4 rings (SSSR count). The number of benzene rings is 2. The second-order valence-corrected chi connectivity index (χ2v) is 7.08. The number of nitrogens with one attached hydrogen (secondary N) is 2. The summed E-state index contributed by atoms with van der Waals surface area (Å²) >= 11 is 11.5. The monoisotopic (exact) mass is 423 g/mol. The molecule has 0 spiro atoms. The van der Waals surface area contributed by atoms with E-state index >= 15 is 0 Å². The van der Waals surface area contributed by atoms with Crippen molar-refractivity contribution in [3.63, 3.8) is 0 Å². The van der Waals surface area contributed by atoms with Gasteiger partial charge in [-0.1, -0.05) is 41.9 Å². The normalized spacial score (nSPS) is 10.7. The lowest BCUT2D eigenvalue weighted by atomic mass is 10.2. The largest absolute Gasteiger partial charge is 0.489 e. The maximum absolute atomic E-state index is 6.19. The molecule has 0 amide bonds. The molecular formula is C21H18ClN5OS. The Balaban J connectivity index is 1.45. The zero-order valence-electron chi connectivity index (χ0n) is 15.4. The summed E-state index contributed by atoms with van der Waals surface area (Å²) in [6.45, 7) is 0.963. The van der Waals surface area contributed by atoms with Crippen molar-refractivity contribution in [2.45, 2.75) is 13.2 Å². The van der Waals surface area contributed by atoms with Crippen molar-refractivity contribution in [2.75, 3.05) is 5.43 Å². The van der Waals surface area contributed by atoms with E-state index in [4.69, 9.17) is 28.6 Å². The molecule has 0 aliphatic rings. The highest BCUT2D eigenvalue weighted by atomic mass is 35.5.